The molecule has 0 aliphatic rings. The van der Waals surface area contributed by atoms with Gasteiger partial charge < -0.3 is 14.2 Å². The zero-order valence-corrected chi connectivity index (χ0v) is 11.2. The quantitative estimate of drug-likeness (QED) is 0.854. The molecule has 0 aromatic heterocycles. The molecular formula is C9H10Br2O3. The molecule has 1 aromatic rings. The van der Waals surface area contributed by atoms with Crippen molar-refractivity contribution in [2.24, 2.45) is 0 Å². The Balaban J connectivity index is 3.39. The lowest BCUT2D eigenvalue weighted by atomic mass is 10.3. The van der Waals surface area contributed by atoms with Crippen molar-refractivity contribution < 1.29 is 14.2 Å². The summed E-state index contributed by atoms with van der Waals surface area (Å²) in [5, 5.41) is 0. The van der Waals surface area contributed by atoms with E-state index in [1.807, 2.05) is 0 Å². The van der Waals surface area contributed by atoms with Crippen LogP contribution < -0.4 is 14.2 Å². The highest BCUT2D eigenvalue weighted by molar-refractivity contribution is 9.11. The molecule has 5 heteroatoms. The Labute approximate surface area is 99.6 Å². The second kappa shape index (κ2) is 4.89. The summed E-state index contributed by atoms with van der Waals surface area (Å²) < 4.78 is 17.0. The first-order valence-electron chi connectivity index (χ1n) is 3.79. The summed E-state index contributed by atoms with van der Waals surface area (Å²) in [6.07, 6.45) is 0. The Morgan fingerprint density at radius 3 is 1.57 bits per heavy atom. The van der Waals surface area contributed by atoms with Crippen LogP contribution >= 0.6 is 31.9 Å². The van der Waals surface area contributed by atoms with Crippen LogP contribution in [0.4, 0.5) is 0 Å². The summed E-state index contributed by atoms with van der Waals surface area (Å²) in [6, 6.07) is 1.77. The molecule has 78 valence electrons. The summed E-state index contributed by atoms with van der Waals surface area (Å²) in [4.78, 5) is 0. The summed E-state index contributed by atoms with van der Waals surface area (Å²) in [7, 11) is 4.77. The lowest BCUT2D eigenvalue weighted by Crippen LogP contribution is -1.94. The number of rotatable bonds is 3. The van der Waals surface area contributed by atoms with Crippen LogP contribution in [-0.2, 0) is 0 Å². The first-order chi connectivity index (χ1) is 6.65. The van der Waals surface area contributed by atoms with Gasteiger partial charge in [-0.25, -0.2) is 0 Å². The molecule has 14 heavy (non-hydrogen) atoms. The molecule has 1 aromatic carbocycles. The van der Waals surface area contributed by atoms with Gasteiger partial charge in [0.15, 0.2) is 5.75 Å². The van der Waals surface area contributed by atoms with E-state index in [0.29, 0.717) is 17.2 Å². The highest BCUT2D eigenvalue weighted by atomic mass is 79.9. The van der Waals surface area contributed by atoms with Crippen molar-refractivity contribution in [3.8, 4) is 17.2 Å². The van der Waals surface area contributed by atoms with Crippen molar-refractivity contribution >= 4 is 31.9 Å². The minimum Gasteiger partial charge on any atom is -0.495 e. The van der Waals surface area contributed by atoms with E-state index < -0.39 is 0 Å². The zero-order valence-electron chi connectivity index (χ0n) is 8.06. The second-order valence-electron chi connectivity index (χ2n) is 2.44. The van der Waals surface area contributed by atoms with E-state index in [1.165, 1.54) is 0 Å². The molecule has 0 N–H and O–H groups in total. The Hall–Kier alpha value is -0.420. The molecule has 0 spiro atoms. The van der Waals surface area contributed by atoms with Gasteiger partial charge in [0.25, 0.3) is 0 Å². The zero-order chi connectivity index (χ0) is 10.7. The van der Waals surface area contributed by atoms with Crippen LogP contribution in [0, 0.1) is 0 Å². The van der Waals surface area contributed by atoms with Gasteiger partial charge in [-0.05, 0) is 31.9 Å². The van der Waals surface area contributed by atoms with Gasteiger partial charge in [0, 0.05) is 6.07 Å². The average Bonchev–Trinajstić information content (AvgIpc) is 2.19. The van der Waals surface area contributed by atoms with Crippen molar-refractivity contribution in [2.45, 2.75) is 0 Å². The van der Waals surface area contributed by atoms with Crippen molar-refractivity contribution in [3.05, 3.63) is 15.0 Å². The van der Waals surface area contributed by atoms with Crippen LogP contribution in [0.1, 0.15) is 0 Å². The maximum atomic E-state index is 5.21. The van der Waals surface area contributed by atoms with Crippen LogP contribution in [0.15, 0.2) is 15.0 Å². The van der Waals surface area contributed by atoms with Crippen molar-refractivity contribution in [1.82, 2.24) is 0 Å². The molecule has 3 nitrogen and oxygen atoms in total. The van der Waals surface area contributed by atoms with Gasteiger partial charge in [0.2, 0.25) is 0 Å². The molecule has 0 bridgehead atoms. The van der Waals surface area contributed by atoms with Crippen LogP contribution in [0.2, 0.25) is 0 Å². The first-order valence-corrected chi connectivity index (χ1v) is 5.38. The average molecular weight is 326 g/mol. The molecule has 0 radical (unpaired) electrons. The van der Waals surface area contributed by atoms with Gasteiger partial charge in [-0.15, -0.1) is 0 Å². The molecule has 0 saturated heterocycles. The molecule has 0 heterocycles. The highest BCUT2D eigenvalue weighted by Gasteiger charge is 2.16. The molecule has 1 rings (SSSR count). The number of methoxy groups -OCH3 is 3. The first kappa shape index (κ1) is 11.7. The highest BCUT2D eigenvalue weighted by Crippen LogP contribution is 2.45. The smallest absolute Gasteiger partial charge is 0.154 e. The Morgan fingerprint density at radius 2 is 1.29 bits per heavy atom. The number of benzene rings is 1. The molecule has 0 saturated carbocycles. The van der Waals surface area contributed by atoms with Crippen LogP contribution in [-0.4, -0.2) is 21.3 Å². The topological polar surface area (TPSA) is 27.7 Å². The van der Waals surface area contributed by atoms with E-state index in [9.17, 15) is 0 Å². The Kier molecular flexibility index (Phi) is 4.07. The van der Waals surface area contributed by atoms with Crippen molar-refractivity contribution in [1.29, 1.82) is 0 Å². The number of hydrogen-bond acceptors (Lipinski definition) is 3. The Morgan fingerprint density at radius 1 is 0.857 bits per heavy atom. The lowest BCUT2D eigenvalue weighted by molar-refractivity contribution is 0.368. The minimum absolute atomic E-state index is 0.654. The molecule has 0 unspecified atom stereocenters. The number of halogens is 2. The summed E-state index contributed by atoms with van der Waals surface area (Å²) in [5.74, 6) is 1.99. The third kappa shape index (κ3) is 1.98. The van der Waals surface area contributed by atoms with E-state index in [-0.39, 0.29) is 0 Å². The largest absolute Gasteiger partial charge is 0.495 e. The monoisotopic (exact) mass is 324 g/mol. The molecular weight excluding hydrogens is 316 g/mol. The van der Waals surface area contributed by atoms with E-state index >= 15 is 0 Å². The summed E-state index contributed by atoms with van der Waals surface area (Å²) in [5.41, 5.74) is 0. The van der Waals surface area contributed by atoms with Crippen LogP contribution in [0.5, 0.6) is 17.2 Å². The van der Waals surface area contributed by atoms with Gasteiger partial charge in [-0.1, -0.05) is 0 Å². The predicted octanol–water partition coefficient (Wildman–Crippen LogP) is 3.24. The molecule has 0 amide bonds. The van der Waals surface area contributed by atoms with Gasteiger partial charge in [-0.2, -0.15) is 0 Å². The molecule has 0 fully saturated rings. The predicted molar refractivity (Wildman–Crippen MR) is 61.5 cm³/mol. The van der Waals surface area contributed by atoms with Gasteiger partial charge >= 0.3 is 0 Å². The van der Waals surface area contributed by atoms with Crippen LogP contribution in [0.3, 0.4) is 0 Å². The fourth-order valence-electron chi connectivity index (χ4n) is 1.04. The Bertz CT molecular complexity index is 311. The SMILES string of the molecule is COc1cc(OC)c(Br)c(OC)c1Br. The third-order valence-electron chi connectivity index (χ3n) is 1.74. The van der Waals surface area contributed by atoms with E-state index in [4.69, 9.17) is 14.2 Å². The fraction of sp³-hybridized carbons (Fsp3) is 0.333. The van der Waals surface area contributed by atoms with Gasteiger partial charge in [0.1, 0.15) is 20.4 Å². The third-order valence-corrected chi connectivity index (χ3v) is 3.24. The lowest BCUT2D eigenvalue weighted by Gasteiger charge is -2.13. The van der Waals surface area contributed by atoms with Gasteiger partial charge in [0.05, 0.1) is 21.3 Å². The maximum absolute atomic E-state index is 5.21. The van der Waals surface area contributed by atoms with Crippen molar-refractivity contribution in [2.75, 3.05) is 21.3 Å². The van der Waals surface area contributed by atoms with Crippen molar-refractivity contribution in [3.63, 3.8) is 0 Å². The van der Waals surface area contributed by atoms with E-state index in [0.717, 1.165) is 8.95 Å². The van der Waals surface area contributed by atoms with Gasteiger partial charge in [-0.3, -0.25) is 0 Å². The summed E-state index contributed by atoms with van der Waals surface area (Å²) >= 11 is 6.76. The second-order valence-corrected chi connectivity index (χ2v) is 4.03. The standard InChI is InChI=1S/C9H10Br2O3/c1-12-5-4-6(13-2)8(11)9(14-3)7(5)10/h4H,1-3H3. The van der Waals surface area contributed by atoms with E-state index in [2.05, 4.69) is 31.9 Å². The number of ether oxygens (including phenoxy) is 3. The molecule has 0 aliphatic heterocycles. The van der Waals surface area contributed by atoms with E-state index in [1.54, 1.807) is 27.4 Å². The normalized spacial score (nSPS) is 9.79. The molecule has 0 atom stereocenters. The minimum atomic E-state index is 0.654. The number of hydrogen-bond donors (Lipinski definition) is 0. The maximum Gasteiger partial charge on any atom is 0.154 e. The fourth-order valence-corrected chi connectivity index (χ4v) is 2.58. The molecule has 0 aliphatic carbocycles. The summed E-state index contributed by atoms with van der Waals surface area (Å²) in [6.45, 7) is 0. The van der Waals surface area contributed by atoms with Crippen LogP contribution in [0.25, 0.3) is 0 Å².